The first-order chi connectivity index (χ1) is 14.3. The highest BCUT2D eigenvalue weighted by Gasteiger charge is 2.66. The fraction of sp³-hybridized carbons (Fsp3) is 0.222. The Morgan fingerprint density at radius 1 is 0.903 bits per heavy atom. The fourth-order valence-electron chi connectivity index (χ4n) is 2.64. The molecule has 0 aliphatic heterocycles. The summed E-state index contributed by atoms with van der Waals surface area (Å²) >= 11 is 0. The number of alkyl halides is 3. The van der Waals surface area contributed by atoms with Gasteiger partial charge in [0.15, 0.2) is 29.3 Å². The predicted molar refractivity (Wildman–Crippen MR) is 85.9 cm³/mol. The molecule has 0 aliphatic rings. The van der Waals surface area contributed by atoms with E-state index < -0.39 is 64.3 Å². The van der Waals surface area contributed by atoms with Crippen LogP contribution in [-0.2, 0) is 15.1 Å². The van der Waals surface area contributed by atoms with E-state index in [2.05, 4.69) is 4.74 Å². The molecular formula is C18H11F8NO4. The number of carbonyl (C=O) groups is 2. The number of halogens is 8. The van der Waals surface area contributed by atoms with Crippen LogP contribution in [0.3, 0.4) is 0 Å². The molecule has 2 rings (SSSR count). The first-order valence-corrected chi connectivity index (χ1v) is 8.03. The van der Waals surface area contributed by atoms with E-state index >= 15 is 0 Å². The molecule has 0 radical (unpaired) electrons. The van der Waals surface area contributed by atoms with Gasteiger partial charge in [0.2, 0.25) is 11.4 Å². The molecule has 31 heavy (non-hydrogen) atoms. The minimum atomic E-state index is -6.24. The summed E-state index contributed by atoms with van der Waals surface area (Å²) in [7, 11) is 0.499. The molecule has 2 N–H and O–H groups in total. The predicted octanol–water partition coefficient (Wildman–Crippen LogP) is 3.10. The Labute approximate surface area is 168 Å². The third-order valence-corrected chi connectivity index (χ3v) is 4.19. The zero-order valence-electron chi connectivity index (χ0n) is 15.2. The van der Waals surface area contributed by atoms with E-state index in [1.165, 1.54) is 23.5 Å². The van der Waals surface area contributed by atoms with Gasteiger partial charge in [-0.2, -0.15) is 13.2 Å². The molecule has 0 saturated heterocycles. The molecule has 0 fully saturated rings. The van der Waals surface area contributed by atoms with Gasteiger partial charge in [-0.25, -0.2) is 26.7 Å². The Kier molecular flexibility index (Phi) is 6.59. The molecule has 0 aromatic heterocycles. The van der Waals surface area contributed by atoms with Gasteiger partial charge < -0.3 is 15.2 Å². The van der Waals surface area contributed by atoms with Crippen LogP contribution in [-0.4, -0.2) is 36.3 Å². The maximum atomic E-state index is 14.2. The van der Waals surface area contributed by atoms with Gasteiger partial charge in [0.05, 0.1) is 12.7 Å². The van der Waals surface area contributed by atoms with Gasteiger partial charge in [-0.15, -0.1) is 0 Å². The number of benzene rings is 2. The Hall–Kier alpha value is -3.22. The lowest BCUT2D eigenvalue weighted by Gasteiger charge is -2.37. The van der Waals surface area contributed by atoms with Crippen molar-refractivity contribution in [2.75, 3.05) is 7.11 Å². The molecule has 0 heterocycles. The maximum Gasteiger partial charge on any atom is 0.424 e. The van der Waals surface area contributed by atoms with E-state index in [4.69, 9.17) is 0 Å². The number of nitrogens with one attached hydrogen (secondary N) is 1. The zero-order valence-corrected chi connectivity index (χ0v) is 15.2. The van der Waals surface area contributed by atoms with Crippen molar-refractivity contribution in [1.82, 2.24) is 5.32 Å². The average molecular weight is 457 g/mol. The third-order valence-electron chi connectivity index (χ3n) is 4.19. The number of hydrogen-bond acceptors (Lipinski definition) is 4. The summed E-state index contributed by atoms with van der Waals surface area (Å²) in [6, 6.07) is 2.71. The van der Waals surface area contributed by atoms with Crippen LogP contribution in [0, 0.1) is 29.1 Å². The lowest BCUT2D eigenvalue weighted by molar-refractivity contribution is -0.278. The van der Waals surface area contributed by atoms with Crippen molar-refractivity contribution in [2.24, 2.45) is 0 Å². The van der Waals surface area contributed by atoms with Gasteiger partial charge >= 0.3 is 12.1 Å². The Bertz CT molecular complexity index is 983. The lowest BCUT2D eigenvalue weighted by atomic mass is 9.83. The summed E-state index contributed by atoms with van der Waals surface area (Å²) in [6.07, 6.45) is -6.24. The summed E-state index contributed by atoms with van der Waals surface area (Å²) in [5, 5.41) is 11.7. The smallest absolute Gasteiger partial charge is 0.424 e. The minimum absolute atomic E-state index is 0.363. The topological polar surface area (TPSA) is 75.6 Å². The minimum Gasteiger partial charge on any atom is -0.467 e. The third kappa shape index (κ3) is 4.04. The maximum absolute atomic E-state index is 14.2. The van der Waals surface area contributed by atoms with E-state index in [-0.39, 0.29) is 5.56 Å². The molecule has 0 aliphatic carbocycles. The monoisotopic (exact) mass is 457 g/mol. The summed E-state index contributed by atoms with van der Waals surface area (Å²) in [5.74, 6) is -18.1. The first kappa shape index (κ1) is 24.1. The molecule has 168 valence electrons. The van der Waals surface area contributed by atoms with Gasteiger partial charge in [-0.1, -0.05) is 18.2 Å². The van der Waals surface area contributed by atoms with E-state index in [1.54, 1.807) is 0 Å². The van der Waals surface area contributed by atoms with Crippen LogP contribution in [0.15, 0.2) is 30.3 Å². The second-order valence-electron chi connectivity index (χ2n) is 6.00. The summed E-state index contributed by atoms with van der Waals surface area (Å²) in [5.41, 5.74) is -8.27. The SMILES string of the molecule is COC(=O)[C@H](NC(=O)c1ccccc1)[C@](O)(c1c(F)c(F)c(F)c(F)c1F)C(F)(F)F. The lowest BCUT2D eigenvalue weighted by Crippen LogP contribution is -2.63. The Morgan fingerprint density at radius 3 is 1.77 bits per heavy atom. The molecule has 2 atom stereocenters. The Balaban J connectivity index is 2.80. The summed E-state index contributed by atoms with van der Waals surface area (Å²) in [4.78, 5) is 24.2. The van der Waals surface area contributed by atoms with E-state index in [1.807, 2.05) is 0 Å². The van der Waals surface area contributed by atoms with Crippen molar-refractivity contribution in [3.63, 3.8) is 0 Å². The van der Waals surface area contributed by atoms with Crippen LogP contribution in [0.1, 0.15) is 15.9 Å². The Morgan fingerprint density at radius 2 is 1.35 bits per heavy atom. The summed E-state index contributed by atoms with van der Waals surface area (Å²) < 4.78 is 114. The molecule has 1 amide bonds. The van der Waals surface area contributed by atoms with Gasteiger partial charge in [0.1, 0.15) is 0 Å². The fourth-order valence-corrected chi connectivity index (χ4v) is 2.64. The van der Waals surface area contributed by atoms with Crippen LogP contribution in [0.5, 0.6) is 0 Å². The van der Waals surface area contributed by atoms with Crippen molar-refractivity contribution in [3.05, 3.63) is 70.5 Å². The van der Waals surface area contributed by atoms with E-state index in [0.29, 0.717) is 7.11 Å². The van der Waals surface area contributed by atoms with Gasteiger partial charge in [0.25, 0.3) is 5.91 Å². The number of esters is 1. The normalized spacial score (nSPS) is 14.5. The standard InChI is InChI=1S/C18H11F8NO4/c1-31-16(29)14(27-15(28)7-5-3-2-4-6-7)17(30,18(24,25)26)8-9(19)11(21)13(23)12(22)10(8)20/h2-6,14,30H,1H3,(H,27,28)/t14-,17+/m0/s1. The molecule has 2 aromatic rings. The van der Waals surface area contributed by atoms with Crippen molar-refractivity contribution in [3.8, 4) is 0 Å². The highest BCUT2D eigenvalue weighted by molar-refractivity contribution is 5.97. The van der Waals surface area contributed by atoms with Crippen LogP contribution in [0.4, 0.5) is 35.1 Å². The quantitative estimate of drug-likeness (QED) is 0.313. The second-order valence-corrected chi connectivity index (χ2v) is 6.00. The molecule has 0 spiro atoms. The van der Waals surface area contributed by atoms with Crippen LogP contribution in [0.2, 0.25) is 0 Å². The van der Waals surface area contributed by atoms with Crippen molar-refractivity contribution in [1.29, 1.82) is 0 Å². The van der Waals surface area contributed by atoms with Crippen LogP contribution < -0.4 is 5.32 Å². The van der Waals surface area contributed by atoms with Crippen LogP contribution in [0.25, 0.3) is 0 Å². The van der Waals surface area contributed by atoms with Crippen LogP contribution >= 0.6 is 0 Å². The van der Waals surface area contributed by atoms with Crippen molar-refractivity contribution >= 4 is 11.9 Å². The van der Waals surface area contributed by atoms with E-state index in [0.717, 1.165) is 12.1 Å². The zero-order chi connectivity index (χ0) is 23.7. The van der Waals surface area contributed by atoms with Crippen molar-refractivity contribution in [2.45, 2.75) is 17.8 Å². The largest absolute Gasteiger partial charge is 0.467 e. The van der Waals surface area contributed by atoms with Gasteiger partial charge in [-0.3, -0.25) is 4.79 Å². The highest BCUT2D eigenvalue weighted by Crippen LogP contribution is 2.45. The average Bonchev–Trinajstić information content (AvgIpc) is 2.73. The number of ether oxygens (including phenoxy) is 1. The highest BCUT2D eigenvalue weighted by atomic mass is 19.4. The number of amides is 1. The molecule has 5 nitrogen and oxygen atoms in total. The first-order valence-electron chi connectivity index (χ1n) is 8.03. The number of methoxy groups -OCH3 is 1. The number of carbonyl (C=O) groups excluding carboxylic acids is 2. The molecule has 0 unspecified atom stereocenters. The van der Waals surface area contributed by atoms with Gasteiger partial charge in [-0.05, 0) is 12.1 Å². The number of rotatable bonds is 5. The molecule has 2 aromatic carbocycles. The molecule has 0 bridgehead atoms. The second kappa shape index (κ2) is 8.49. The summed E-state index contributed by atoms with van der Waals surface area (Å²) in [6.45, 7) is 0. The number of hydrogen-bond donors (Lipinski definition) is 2. The van der Waals surface area contributed by atoms with E-state index in [9.17, 15) is 49.8 Å². The molecule has 13 heteroatoms. The van der Waals surface area contributed by atoms with Gasteiger partial charge in [0, 0.05) is 5.56 Å². The molecular weight excluding hydrogens is 446 g/mol. The molecule has 0 saturated carbocycles. The number of aliphatic hydroxyl groups is 1. The van der Waals surface area contributed by atoms with Crippen molar-refractivity contribution < 1.29 is 54.6 Å².